The number of urea groups is 1. The number of ether oxygens (including phenoxy) is 1. The third kappa shape index (κ3) is 3.83. The van der Waals surface area contributed by atoms with Gasteiger partial charge < -0.3 is 15.0 Å². The van der Waals surface area contributed by atoms with Gasteiger partial charge in [-0.3, -0.25) is 4.79 Å². The fourth-order valence-corrected chi connectivity index (χ4v) is 3.04. The van der Waals surface area contributed by atoms with Gasteiger partial charge in [0.15, 0.2) is 11.6 Å². The summed E-state index contributed by atoms with van der Waals surface area (Å²) in [6, 6.07) is 2.85. The van der Waals surface area contributed by atoms with Gasteiger partial charge in [0.1, 0.15) is 0 Å². The van der Waals surface area contributed by atoms with Gasteiger partial charge in [-0.1, -0.05) is 19.1 Å². The number of piperidine rings is 1. The van der Waals surface area contributed by atoms with Gasteiger partial charge >= 0.3 is 12.0 Å². The molecular weight excluding hydrogens is 318 g/mol. The summed E-state index contributed by atoms with van der Waals surface area (Å²) in [4.78, 5) is 25.6. The molecule has 0 radical (unpaired) electrons. The number of rotatable bonds is 3. The normalized spacial score (nSPS) is 22.0. The van der Waals surface area contributed by atoms with Crippen LogP contribution in [0, 0.1) is 23.5 Å². The highest BCUT2D eigenvalue weighted by molar-refractivity contribution is 5.76. The van der Waals surface area contributed by atoms with E-state index >= 15 is 0 Å². The number of benzene rings is 1. The highest BCUT2D eigenvalue weighted by atomic mass is 19.2. The summed E-state index contributed by atoms with van der Waals surface area (Å²) in [5.74, 6) is -2.42. The molecule has 1 heterocycles. The molecule has 1 fully saturated rings. The van der Waals surface area contributed by atoms with Crippen LogP contribution in [0.4, 0.5) is 13.6 Å². The minimum absolute atomic E-state index is 0.0295. The van der Waals surface area contributed by atoms with Gasteiger partial charge in [0, 0.05) is 18.7 Å². The number of halogens is 2. The number of likely N-dealkylation sites (tertiary alicyclic amines) is 1. The molecular formula is C17H22F2N2O3. The largest absolute Gasteiger partial charge is 0.469 e. The van der Waals surface area contributed by atoms with E-state index in [1.54, 1.807) is 11.8 Å². The molecule has 1 saturated heterocycles. The third-order valence-electron chi connectivity index (χ3n) is 4.48. The predicted molar refractivity (Wildman–Crippen MR) is 84.2 cm³/mol. The van der Waals surface area contributed by atoms with E-state index in [2.05, 4.69) is 5.32 Å². The zero-order valence-corrected chi connectivity index (χ0v) is 14.0. The molecule has 1 aromatic rings. The molecule has 1 aromatic carbocycles. The van der Waals surface area contributed by atoms with Crippen molar-refractivity contribution in [2.45, 2.75) is 26.3 Å². The summed E-state index contributed by atoms with van der Waals surface area (Å²) in [6.07, 6.45) is 0.518. The lowest BCUT2D eigenvalue weighted by atomic mass is 9.87. The Bertz CT molecular complexity index is 624. The Morgan fingerprint density at radius 3 is 2.71 bits per heavy atom. The van der Waals surface area contributed by atoms with Crippen LogP contribution in [0.25, 0.3) is 0 Å². The number of methoxy groups -OCH3 is 1. The van der Waals surface area contributed by atoms with E-state index in [9.17, 15) is 18.4 Å². The van der Waals surface area contributed by atoms with Crippen molar-refractivity contribution in [3.63, 3.8) is 0 Å². The number of hydrogen-bond donors (Lipinski definition) is 1. The summed E-state index contributed by atoms with van der Waals surface area (Å²) < 4.78 is 31.9. The Labute approximate surface area is 140 Å². The molecule has 2 rings (SSSR count). The minimum Gasteiger partial charge on any atom is -0.469 e. The number of carbonyl (C=O) groups is 2. The first-order valence-corrected chi connectivity index (χ1v) is 7.92. The number of hydrogen-bond acceptors (Lipinski definition) is 3. The van der Waals surface area contributed by atoms with Crippen molar-refractivity contribution in [1.82, 2.24) is 10.2 Å². The van der Waals surface area contributed by atoms with Gasteiger partial charge in [0.2, 0.25) is 0 Å². The van der Waals surface area contributed by atoms with Crippen LogP contribution in [-0.2, 0) is 9.53 Å². The van der Waals surface area contributed by atoms with E-state index in [0.29, 0.717) is 19.5 Å². The summed E-state index contributed by atoms with van der Waals surface area (Å²) in [7, 11) is 1.35. The standard InChI is InChI=1S/C17H22F2N2O3/c1-10-9-21(8-7-12(10)16(22)24-3)17(23)20-11(2)13-5-4-6-14(18)15(13)19/h4-6,10-12H,7-9H2,1-3H3,(H,20,23)/t10-,11-,12+/m0/s1. The van der Waals surface area contributed by atoms with E-state index in [1.165, 1.54) is 19.2 Å². The molecule has 132 valence electrons. The first kappa shape index (κ1) is 18.2. The van der Waals surface area contributed by atoms with Gasteiger partial charge in [-0.05, 0) is 25.3 Å². The van der Waals surface area contributed by atoms with E-state index in [-0.39, 0.29) is 29.4 Å². The SMILES string of the molecule is COC(=O)[C@@H]1CCN(C(=O)N[C@@H](C)c2cccc(F)c2F)C[C@@H]1C. The molecule has 5 nitrogen and oxygen atoms in total. The first-order chi connectivity index (χ1) is 11.3. The van der Waals surface area contributed by atoms with Crippen LogP contribution in [-0.4, -0.2) is 37.1 Å². The van der Waals surface area contributed by atoms with Crippen LogP contribution in [0.1, 0.15) is 31.9 Å². The lowest BCUT2D eigenvalue weighted by Crippen LogP contribution is -2.49. The van der Waals surface area contributed by atoms with Crippen LogP contribution < -0.4 is 5.32 Å². The monoisotopic (exact) mass is 340 g/mol. The molecule has 0 aromatic heterocycles. The van der Waals surface area contributed by atoms with Crippen molar-refractivity contribution in [2.75, 3.05) is 20.2 Å². The molecule has 0 aliphatic carbocycles. The Morgan fingerprint density at radius 1 is 1.38 bits per heavy atom. The van der Waals surface area contributed by atoms with Crippen molar-refractivity contribution < 1.29 is 23.1 Å². The van der Waals surface area contributed by atoms with Crippen LogP contribution in [0.5, 0.6) is 0 Å². The smallest absolute Gasteiger partial charge is 0.317 e. The minimum atomic E-state index is -0.955. The highest BCUT2D eigenvalue weighted by Crippen LogP contribution is 2.25. The van der Waals surface area contributed by atoms with Crippen LogP contribution in [0.2, 0.25) is 0 Å². The Kier molecular flexibility index (Phi) is 5.75. The second kappa shape index (κ2) is 7.59. The Morgan fingerprint density at radius 2 is 2.08 bits per heavy atom. The van der Waals surface area contributed by atoms with Crippen molar-refractivity contribution in [2.24, 2.45) is 11.8 Å². The zero-order chi connectivity index (χ0) is 17.9. The fraction of sp³-hybridized carbons (Fsp3) is 0.529. The number of amides is 2. The molecule has 1 aliphatic heterocycles. The molecule has 3 atom stereocenters. The average Bonchev–Trinajstić information content (AvgIpc) is 2.56. The van der Waals surface area contributed by atoms with Crippen LogP contribution >= 0.6 is 0 Å². The van der Waals surface area contributed by atoms with Crippen molar-refractivity contribution in [3.8, 4) is 0 Å². The van der Waals surface area contributed by atoms with Crippen molar-refractivity contribution >= 4 is 12.0 Å². The van der Waals surface area contributed by atoms with E-state index < -0.39 is 17.7 Å². The average molecular weight is 340 g/mol. The summed E-state index contributed by atoms with van der Waals surface area (Å²) in [5.41, 5.74) is 0.0980. The lowest BCUT2D eigenvalue weighted by Gasteiger charge is -2.36. The number of nitrogens with zero attached hydrogens (tertiary/aromatic N) is 1. The number of nitrogens with one attached hydrogen (secondary N) is 1. The first-order valence-electron chi connectivity index (χ1n) is 7.92. The van der Waals surface area contributed by atoms with Gasteiger partial charge in [0.25, 0.3) is 0 Å². The molecule has 0 spiro atoms. The van der Waals surface area contributed by atoms with Gasteiger partial charge in [0.05, 0.1) is 19.1 Å². The van der Waals surface area contributed by atoms with Crippen molar-refractivity contribution in [3.05, 3.63) is 35.4 Å². The molecule has 1 N–H and O–H groups in total. The molecule has 0 saturated carbocycles. The van der Waals surface area contributed by atoms with E-state index in [4.69, 9.17) is 4.74 Å². The maximum atomic E-state index is 13.8. The maximum absolute atomic E-state index is 13.8. The summed E-state index contributed by atoms with van der Waals surface area (Å²) in [6.45, 7) is 4.30. The van der Waals surface area contributed by atoms with Gasteiger partial charge in [-0.2, -0.15) is 0 Å². The molecule has 24 heavy (non-hydrogen) atoms. The molecule has 1 aliphatic rings. The lowest BCUT2D eigenvalue weighted by molar-refractivity contribution is -0.148. The fourth-order valence-electron chi connectivity index (χ4n) is 3.04. The summed E-state index contributed by atoms with van der Waals surface area (Å²) in [5, 5.41) is 2.68. The van der Waals surface area contributed by atoms with Crippen LogP contribution in [0.3, 0.4) is 0 Å². The van der Waals surface area contributed by atoms with Crippen LogP contribution in [0.15, 0.2) is 18.2 Å². The number of carbonyl (C=O) groups excluding carboxylic acids is 2. The predicted octanol–water partition coefficient (Wildman–Crippen LogP) is 2.87. The Balaban J connectivity index is 1.98. The second-order valence-electron chi connectivity index (χ2n) is 6.16. The van der Waals surface area contributed by atoms with E-state index in [0.717, 1.165) is 6.07 Å². The highest BCUT2D eigenvalue weighted by Gasteiger charge is 2.34. The summed E-state index contributed by atoms with van der Waals surface area (Å²) >= 11 is 0. The van der Waals surface area contributed by atoms with Crippen molar-refractivity contribution in [1.29, 1.82) is 0 Å². The maximum Gasteiger partial charge on any atom is 0.317 e. The molecule has 7 heteroatoms. The quantitative estimate of drug-likeness (QED) is 0.861. The molecule has 2 amide bonds. The van der Waals surface area contributed by atoms with Gasteiger partial charge in [-0.25, -0.2) is 13.6 Å². The third-order valence-corrected chi connectivity index (χ3v) is 4.48. The number of esters is 1. The molecule has 0 bridgehead atoms. The second-order valence-corrected chi connectivity index (χ2v) is 6.16. The zero-order valence-electron chi connectivity index (χ0n) is 14.0. The topological polar surface area (TPSA) is 58.6 Å². The molecule has 0 unspecified atom stereocenters. The van der Waals surface area contributed by atoms with E-state index in [1.807, 2.05) is 6.92 Å². The Hall–Kier alpha value is -2.18. The van der Waals surface area contributed by atoms with Gasteiger partial charge in [-0.15, -0.1) is 0 Å².